The zero-order valence-electron chi connectivity index (χ0n) is 21.7. The molecule has 4 rings (SSSR count). The fourth-order valence-corrected chi connectivity index (χ4v) is 4.68. The Labute approximate surface area is 228 Å². The molecule has 2 amide bonds. The number of esters is 1. The maximum absolute atomic E-state index is 14.6. The third-order valence-electron chi connectivity index (χ3n) is 6.09. The van der Waals surface area contributed by atoms with Gasteiger partial charge in [0.1, 0.15) is 17.6 Å². The molecule has 1 aliphatic rings. The van der Waals surface area contributed by atoms with Gasteiger partial charge in [0.25, 0.3) is 5.91 Å². The molecule has 0 spiro atoms. The zero-order chi connectivity index (χ0) is 27.8. The number of thiophene rings is 1. The Hall–Kier alpha value is -3.84. The highest BCUT2D eigenvalue weighted by molar-refractivity contribution is 7.12. The number of nitrogens with zero attached hydrogens (tertiary/aromatic N) is 4. The van der Waals surface area contributed by atoms with Gasteiger partial charge in [0, 0.05) is 38.8 Å². The highest BCUT2D eigenvalue weighted by Gasteiger charge is 2.26. The first kappa shape index (κ1) is 28.2. The molecule has 0 aliphatic carbocycles. The maximum atomic E-state index is 14.6. The lowest BCUT2D eigenvalue weighted by molar-refractivity contribution is -0.134. The number of benzene rings is 1. The van der Waals surface area contributed by atoms with Crippen molar-refractivity contribution in [2.45, 2.75) is 26.3 Å². The lowest BCUT2D eigenvalue weighted by Gasteiger charge is -2.36. The minimum Gasteiger partial charge on any atom is -0.493 e. The van der Waals surface area contributed by atoms with Crippen LogP contribution in [0.25, 0.3) is 11.4 Å². The molecule has 0 radical (unpaired) electrons. The molecule has 1 aliphatic heterocycles. The van der Waals surface area contributed by atoms with Gasteiger partial charge in [0.2, 0.25) is 11.7 Å². The van der Waals surface area contributed by atoms with Crippen LogP contribution in [0, 0.1) is 5.82 Å². The Balaban J connectivity index is 1.16. The second-order valence-corrected chi connectivity index (χ2v) is 9.77. The summed E-state index contributed by atoms with van der Waals surface area (Å²) < 4.78 is 29.9. The van der Waals surface area contributed by atoms with E-state index in [1.807, 2.05) is 5.38 Å². The van der Waals surface area contributed by atoms with Gasteiger partial charge in [-0.1, -0.05) is 11.2 Å². The van der Waals surface area contributed by atoms with Crippen molar-refractivity contribution in [3.63, 3.8) is 0 Å². The third-order valence-corrected chi connectivity index (χ3v) is 6.96. The Morgan fingerprint density at radius 3 is 2.69 bits per heavy atom. The fourth-order valence-electron chi connectivity index (χ4n) is 4.06. The van der Waals surface area contributed by atoms with Crippen molar-refractivity contribution in [1.29, 1.82) is 0 Å². The Morgan fingerprint density at radius 1 is 1.21 bits per heavy atom. The summed E-state index contributed by atoms with van der Waals surface area (Å²) in [6.45, 7) is 7.28. The number of hydrogen-bond acceptors (Lipinski definition) is 10. The van der Waals surface area contributed by atoms with Gasteiger partial charge in [-0.2, -0.15) is 4.98 Å². The fraction of sp³-hybridized carbons (Fsp3) is 0.423. The lowest BCUT2D eigenvalue weighted by Crippen LogP contribution is -2.54. The molecule has 3 aromatic rings. The van der Waals surface area contributed by atoms with E-state index in [1.165, 1.54) is 23.5 Å². The van der Waals surface area contributed by atoms with Crippen LogP contribution in [0.4, 0.5) is 4.39 Å². The Morgan fingerprint density at radius 2 is 2.00 bits per heavy atom. The topological polar surface area (TPSA) is 127 Å². The maximum Gasteiger partial charge on any atom is 0.397 e. The van der Waals surface area contributed by atoms with E-state index in [9.17, 15) is 18.8 Å². The minimum absolute atomic E-state index is 0.0565. The van der Waals surface area contributed by atoms with Gasteiger partial charge in [-0.15, -0.1) is 11.3 Å². The van der Waals surface area contributed by atoms with Crippen molar-refractivity contribution in [3.05, 3.63) is 52.3 Å². The summed E-state index contributed by atoms with van der Waals surface area (Å²) in [4.78, 5) is 45.1. The second kappa shape index (κ2) is 13.3. The molecule has 39 heavy (non-hydrogen) atoms. The summed E-state index contributed by atoms with van der Waals surface area (Å²) >= 11 is 1.34. The van der Waals surface area contributed by atoms with E-state index < -0.39 is 17.8 Å². The molecule has 1 N–H and O–H groups in total. The van der Waals surface area contributed by atoms with Crippen LogP contribution in [0.1, 0.15) is 40.6 Å². The third kappa shape index (κ3) is 7.39. The van der Waals surface area contributed by atoms with Crippen LogP contribution >= 0.6 is 11.3 Å². The Kier molecular flexibility index (Phi) is 9.60. The van der Waals surface area contributed by atoms with E-state index in [0.29, 0.717) is 30.3 Å². The summed E-state index contributed by atoms with van der Waals surface area (Å²) in [5, 5.41) is 8.23. The minimum atomic E-state index is -0.766. The highest BCUT2D eigenvalue weighted by Crippen LogP contribution is 2.24. The summed E-state index contributed by atoms with van der Waals surface area (Å²) in [6, 6.07) is 7.23. The number of carbonyl (C=O) groups excluding carboxylic acids is 3. The van der Waals surface area contributed by atoms with Crippen molar-refractivity contribution in [3.8, 4) is 17.1 Å². The summed E-state index contributed by atoms with van der Waals surface area (Å²) in [6.07, 6.45) is 0.721. The quantitative estimate of drug-likeness (QED) is 0.279. The molecule has 13 heteroatoms. The molecular formula is C26H30FN5O6S. The van der Waals surface area contributed by atoms with Crippen molar-refractivity contribution in [1.82, 2.24) is 25.3 Å². The molecule has 1 saturated heterocycles. The van der Waals surface area contributed by atoms with E-state index >= 15 is 0 Å². The lowest BCUT2D eigenvalue weighted by atomic mass is 10.2. The number of ether oxygens (including phenoxy) is 2. The van der Waals surface area contributed by atoms with Gasteiger partial charge in [-0.05, 0) is 43.8 Å². The number of hydrogen-bond donors (Lipinski definition) is 1. The summed E-state index contributed by atoms with van der Waals surface area (Å²) in [5.74, 6) is -1.74. The average Bonchev–Trinajstić information content (AvgIpc) is 3.64. The highest BCUT2D eigenvalue weighted by atomic mass is 32.1. The number of rotatable bonds is 11. The molecule has 1 aromatic carbocycles. The standard InChI is InChI=1S/C26H30FN5O6S/c1-3-36-26(35)24-29-22(30-38-24)19-8-7-18(16-20(19)27)37-14-5-9-31-10-12-32(13-11-31)25(34)17(2)28-23(33)21-6-4-15-39-21/h4,6-8,15-17H,3,5,9-14H2,1-2H3,(H,28,33)/t17-/m1/s1. The van der Waals surface area contributed by atoms with Crippen molar-refractivity contribution < 1.29 is 32.8 Å². The average molecular weight is 560 g/mol. The van der Waals surface area contributed by atoms with E-state index in [0.717, 1.165) is 26.1 Å². The molecule has 0 unspecified atom stereocenters. The largest absolute Gasteiger partial charge is 0.493 e. The zero-order valence-corrected chi connectivity index (χ0v) is 22.5. The first-order valence-corrected chi connectivity index (χ1v) is 13.5. The molecule has 3 heterocycles. The molecule has 1 atom stereocenters. The SMILES string of the molecule is CCOC(=O)c1nc(-c2ccc(OCCCN3CCN(C(=O)[C@@H](C)NC(=O)c4cccs4)CC3)cc2F)no1. The van der Waals surface area contributed by atoms with E-state index in [2.05, 4.69) is 20.4 Å². The number of carbonyl (C=O) groups is 3. The van der Waals surface area contributed by atoms with Gasteiger partial charge in [-0.3, -0.25) is 14.5 Å². The number of halogens is 1. The van der Waals surface area contributed by atoms with Crippen LogP contribution < -0.4 is 10.1 Å². The predicted molar refractivity (Wildman–Crippen MR) is 140 cm³/mol. The number of amides is 2. The van der Waals surface area contributed by atoms with Gasteiger partial charge >= 0.3 is 11.9 Å². The summed E-state index contributed by atoms with van der Waals surface area (Å²) in [5.41, 5.74) is 0.0782. The molecule has 2 aromatic heterocycles. The number of nitrogens with one attached hydrogen (secondary N) is 1. The van der Waals surface area contributed by atoms with Crippen LogP contribution in [-0.2, 0) is 9.53 Å². The second-order valence-electron chi connectivity index (χ2n) is 8.83. The van der Waals surface area contributed by atoms with Gasteiger partial charge in [0.05, 0.1) is 23.7 Å². The van der Waals surface area contributed by atoms with Crippen LogP contribution in [0.2, 0.25) is 0 Å². The van der Waals surface area contributed by atoms with Crippen LogP contribution in [0.5, 0.6) is 5.75 Å². The predicted octanol–water partition coefficient (Wildman–Crippen LogP) is 2.85. The summed E-state index contributed by atoms with van der Waals surface area (Å²) in [7, 11) is 0. The molecule has 0 bridgehead atoms. The van der Waals surface area contributed by atoms with Crippen molar-refractivity contribution >= 4 is 29.1 Å². The monoisotopic (exact) mass is 559 g/mol. The van der Waals surface area contributed by atoms with E-state index in [4.69, 9.17) is 14.0 Å². The van der Waals surface area contributed by atoms with E-state index in [-0.39, 0.29) is 35.7 Å². The van der Waals surface area contributed by atoms with Crippen LogP contribution in [0.15, 0.2) is 40.2 Å². The number of aromatic nitrogens is 2. The number of piperazine rings is 1. The Bertz CT molecular complexity index is 1280. The van der Waals surface area contributed by atoms with Gasteiger partial charge in [-0.25, -0.2) is 9.18 Å². The molecule has 208 valence electrons. The first-order valence-electron chi connectivity index (χ1n) is 12.6. The smallest absolute Gasteiger partial charge is 0.397 e. The van der Waals surface area contributed by atoms with Crippen molar-refractivity contribution in [2.24, 2.45) is 0 Å². The van der Waals surface area contributed by atoms with E-state index in [1.54, 1.807) is 36.9 Å². The molecular weight excluding hydrogens is 529 g/mol. The molecule has 11 nitrogen and oxygen atoms in total. The van der Waals surface area contributed by atoms with Crippen LogP contribution in [-0.4, -0.2) is 89.7 Å². The van der Waals surface area contributed by atoms with Gasteiger partial charge < -0.3 is 24.2 Å². The molecule has 0 saturated carbocycles. The van der Waals surface area contributed by atoms with Crippen LogP contribution in [0.3, 0.4) is 0 Å². The molecule has 1 fully saturated rings. The first-order chi connectivity index (χ1) is 18.9. The van der Waals surface area contributed by atoms with Crippen molar-refractivity contribution in [2.75, 3.05) is 45.9 Å². The normalized spacial score (nSPS) is 14.6. The van der Waals surface area contributed by atoms with Gasteiger partial charge in [0.15, 0.2) is 0 Å².